The van der Waals surface area contributed by atoms with Crippen LogP contribution in [-0.4, -0.2) is 20.9 Å². The van der Waals surface area contributed by atoms with Gasteiger partial charge in [-0.05, 0) is 36.8 Å². The van der Waals surface area contributed by atoms with Gasteiger partial charge in [-0.3, -0.25) is 4.79 Å². The second-order valence-electron chi connectivity index (χ2n) is 5.19. The topological polar surface area (TPSA) is 59.8 Å². The highest BCUT2D eigenvalue weighted by Gasteiger charge is 2.11. The number of benzene rings is 2. The predicted octanol–water partition coefficient (Wildman–Crippen LogP) is 2.64. The summed E-state index contributed by atoms with van der Waals surface area (Å²) < 4.78 is 14.3. The number of amides is 1. The Bertz CT molecular complexity index is 809. The van der Waals surface area contributed by atoms with Crippen molar-refractivity contribution in [2.45, 2.75) is 13.5 Å². The van der Waals surface area contributed by atoms with E-state index in [0.29, 0.717) is 12.2 Å². The van der Waals surface area contributed by atoms with Crippen molar-refractivity contribution in [1.29, 1.82) is 0 Å². The van der Waals surface area contributed by atoms with Crippen molar-refractivity contribution in [3.8, 4) is 5.69 Å². The third-order valence-electron chi connectivity index (χ3n) is 3.39. The minimum atomic E-state index is -0.329. The maximum atomic E-state index is 12.9. The van der Waals surface area contributed by atoms with E-state index in [1.54, 1.807) is 12.1 Å². The van der Waals surface area contributed by atoms with Gasteiger partial charge in [-0.1, -0.05) is 35.0 Å². The van der Waals surface area contributed by atoms with Gasteiger partial charge in [-0.25, -0.2) is 9.07 Å². The minimum absolute atomic E-state index is 0.210. The van der Waals surface area contributed by atoms with Crippen molar-refractivity contribution in [3.63, 3.8) is 0 Å². The van der Waals surface area contributed by atoms with Gasteiger partial charge in [0, 0.05) is 6.54 Å². The number of hydrogen-bond acceptors (Lipinski definition) is 3. The van der Waals surface area contributed by atoms with Gasteiger partial charge in [0.2, 0.25) is 0 Å². The third kappa shape index (κ3) is 3.60. The Morgan fingerprint density at radius 2 is 1.83 bits per heavy atom. The van der Waals surface area contributed by atoms with Crippen molar-refractivity contribution < 1.29 is 9.18 Å². The van der Waals surface area contributed by atoms with Gasteiger partial charge in [-0.2, -0.15) is 0 Å². The van der Waals surface area contributed by atoms with Crippen LogP contribution < -0.4 is 5.32 Å². The fourth-order valence-electron chi connectivity index (χ4n) is 2.07. The molecule has 0 bridgehead atoms. The lowest BCUT2D eigenvalue weighted by Gasteiger charge is -2.03. The highest BCUT2D eigenvalue weighted by atomic mass is 19.1. The quantitative estimate of drug-likeness (QED) is 0.806. The molecule has 0 spiro atoms. The molecular formula is C17H15FN4O. The second-order valence-corrected chi connectivity index (χ2v) is 5.19. The summed E-state index contributed by atoms with van der Waals surface area (Å²) in [6.45, 7) is 2.43. The van der Waals surface area contributed by atoms with Crippen molar-refractivity contribution in [2.24, 2.45) is 0 Å². The minimum Gasteiger partial charge on any atom is -0.347 e. The van der Waals surface area contributed by atoms with E-state index in [2.05, 4.69) is 15.6 Å². The van der Waals surface area contributed by atoms with Crippen molar-refractivity contribution in [2.75, 3.05) is 0 Å². The van der Waals surface area contributed by atoms with Gasteiger partial charge < -0.3 is 5.32 Å². The summed E-state index contributed by atoms with van der Waals surface area (Å²) in [5.41, 5.74) is 3.02. The average Bonchev–Trinajstić information content (AvgIpc) is 3.05. The molecule has 0 radical (unpaired) electrons. The number of aryl methyl sites for hydroxylation is 1. The van der Waals surface area contributed by atoms with E-state index >= 15 is 0 Å². The summed E-state index contributed by atoms with van der Waals surface area (Å²) >= 11 is 0. The summed E-state index contributed by atoms with van der Waals surface area (Å²) in [5, 5.41) is 10.5. The first-order valence-electron chi connectivity index (χ1n) is 7.14. The molecule has 0 aliphatic heterocycles. The molecule has 0 atom stereocenters. The first-order chi connectivity index (χ1) is 11.1. The molecule has 5 nitrogen and oxygen atoms in total. The van der Waals surface area contributed by atoms with Gasteiger partial charge in [0.1, 0.15) is 5.82 Å². The van der Waals surface area contributed by atoms with Crippen LogP contribution in [0.15, 0.2) is 54.7 Å². The monoisotopic (exact) mass is 310 g/mol. The molecule has 0 saturated carbocycles. The fourth-order valence-corrected chi connectivity index (χ4v) is 2.07. The molecule has 23 heavy (non-hydrogen) atoms. The van der Waals surface area contributed by atoms with E-state index in [9.17, 15) is 9.18 Å². The zero-order valence-corrected chi connectivity index (χ0v) is 12.5. The number of halogens is 1. The van der Waals surface area contributed by atoms with Crippen LogP contribution >= 0.6 is 0 Å². The van der Waals surface area contributed by atoms with Gasteiger partial charge in [0.05, 0.1) is 11.9 Å². The molecule has 1 aromatic heterocycles. The number of nitrogens with zero attached hydrogens (tertiary/aromatic N) is 3. The summed E-state index contributed by atoms with van der Waals surface area (Å²) in [5.74, 6) is -0.635. The van der Waals surface area contributed by atoms with E-state index in [1.807, 2.05) is 31.2 Å². The van der Waals surface area contributed by atoms with Crippen LogP contribution in [0.4, 0.5) is 4.39 Å². The lowest BCUT2D eigenvalue weighted by molar-refractivity contribution is 0.0946. The molecule has 3 aromatic rings. The highest BCUT2D eigenvalue weighted by molar-refractivity contribution is 5.91. The van der Waals surface area contributed by atoms with Crippen molar-refractivity contribution in [1.82, 2.24) is 20.3 Å². The molecule has 2 aromatic carbocycles. The third-order valence-corrected chi connectivity index (χ3v) is 3.39. The van der Waals surface area contributed by atoms with Gasteiger partial charge in [0.25, 0.3) is 5.91 Å². The standard InChI is InChI=1S/C17H15FN4O/c1-12-2-4-13(5-3-12)10-19-17(23)16-11-22(21-20-16)15-8-6-14(18)7-9-15/h2-9,11H,10H2,1H3,(H,19,23). The molecule has 1 amide bonds. The van der Waals surface area contributed by atoms with Crippen LogP contribution in [0.25, 0.3) is 5.69 Å². The number of carbonyl (C=O) groups excluding carboxylic acids is 1. The molecule has 0 aliphatic rings. The SMILES string of the molecule is Cc1ccc(CNC(=O)c2cn(-c3ccc(F)cc3)nn2)cc1. The molecule has 1 heterocycles. The summed E-state index contributed by atoms with van der Waals surface area (Å²) in [6, 6.07) is 13.7. The summed E-state index contributed by atoms with van der Waals surface area (Å²) in [4.78, 5) is 12.1. The van der Waals surface area contributed by atoms with Crippen LogP contribution in [0, 0.1) is 12.7 Å². The van der Waals surface area contributed by atoms with E-state index in [0.717, 1.165) is 5.56 Å². The Hall–Kier alpha value is -3.02. The van der Waals surface area contributed by atoms with Gasteiger partial charge in [-0.15, -0.1) is 5.10 Å². The lowest BCUT2D eigenvalue weighted by Crippen LogP contribution is -2.23. The van der Waals surface area contributed by atoms with Crippen molar-refractivity contribution >= 4 is 5.91 Å². The molecule has 6 heteroatoms. The number of nitrogens with one attached hydrogen (secondary N) is 1. The zero-order valence-electron chi connectivity index (χ0n) is 12.5. The first kappa shape index (κ1) is 14.9. The number of rotatable bonds is 4. The Labute approximate surface area is 132 Å². The lowest BCUT2D eigenvalue weighted by atomic mass is 10.1. The first-order valence-corrected chi connectivity index (χ1v) is 7.14. The molecule has 0 fully saturated rings. The highest BCUT2D eigenvalue weighted by Crippen LogP contribution is 2.08. The second kappa shape index (κ2) is 6.39. The number of aromatic nitrogens is 3. The van der Waals surface area contributed by atoms with Crippen molar-refractivity contribution in [3.05, 3.63) is 77.4 Å². The molecule has 0 saturated heterocycles. The Morgan fingerprint density at radius 1 is 1.13 bits per heavy atom. The predicted molar refractivity (Wildman–Crippen MR) is 83.7 cm³/mol. The van der Waals surface area contributed by atoms with Crippen LogP contribution in [0.2, 0.25) is 0 Å². The van der Waals surface area contributed by atoms with Crippen LogP contribution in [-0.2, 0) is 6.54 Å². The van der Waals surface area contributed by atoms with E-state index < -0.39 is 0 Å². The molecular weight excluding hydrogens is 295 g/mol. The number of carbonyl (C=O) groups is 1. The normalized spacial score (nSPS) is 10.5. The average molecular weight is 310 g/mol. The molecule has 3 rings (SSSR count). The van der Waals surface area contributed by atoms with E-state index in [4.69, 9.17) is 0 Å². The maximum Gasteiger partial charge on any atom is 0.273 e. The molecule has 1 N–H and O–H groups in total. The molecule has 116 valence electrons. The smallest absolute Gasteiger partial charge is 0.273 e. The fraction of sp³-hybridized carbons (Fsp3) is 0.118. The summed E-state index contributed by atoms with van der Waals surface area (Å²) in [7, 11) is 0. The largest absolute Gasteiger partial charge is 0.347 e. The molecule has 0 unspecified atom stereocenters. The van der Waals surface area contributed by atoms with E-state index in [1.165, 1.54) is 28.6 Å². The molecule has 0 aliphatic carbocycles. The summed E-state index contributed by atoms with van der Waals surface area (Å²) in [6.07, 6.45) is 1.51. The zero-order chi connectivity index (χ0) is 16.2. The van der Waals surface area contributed by atoms with Crippen LogP contribution in [0.3, 0.4) is 0 Å². The Kier molecular flexibility index (Phi) is 4.14. The Balaban J connectivity index is 1.66. The van der Waals surface area contributed by atoms with Crippen LogP contribution in [0.1, 0.15) is 21.6 Å². The number of hydrogen-bond donors (Lipinski definition) is 1. The van der Waals surface area contributed by atoms with Gasteiger partial charge in [0.15, 0.2) is 5.69 Å². The van der Waals surface area contributed by atoms with Crippen LogP contribution in [0.5, 0.6) is 0 Å². The van der Waals surface area contributed by atoms with E-state index in [-0.39, 0.29) is 17.4 Å². The van der Waals surface area contributed by atoms with Gasteiger partial charge >= 0.3 is 0 Å². The Morgan fingerprint density at radius 3 is 2.52 bits per heavy atom. The maximum absolute atomic E-state index is 12.9.